The Morgan fingerprint density at radius 3 is 2.54 bits per heavy atom. The minimum atomic E-state index is -0.720. The van der Waals surface area contributed by atoms with Gasteiger partial charge in [-0.25, -0.2) is 9.59 Å². The number of esters is 2. The lowest BCUT2D eigenvalue weighted by Gasteiger charge is -2.14. The van der Waals surface area contributed by atoms with Crippen LogP contribution in [-0.4, -0.2) is 36.0 Å². The first-order chi connectivity index (χ1) is 12.5. The van der Waals surface area contributed by atoms with E-state index in [0.717, 1.165) is 0 Å². The molecule has 0 unspecified atom stereocenters. The molecule has 1 saturated heterocycles. The highest BCUT2D eigenvalue weighted by Crippen LogP contribution is 2.28. The fraction of sp³-hybridized carbons (Fsp3) is 0.222. The van der Waals surface area contributed by atoms with E-state index in [4.69, 9.17) is 37.4 Å². The number of carbonyl (C=O) groups excluding carboxylic acids is 2. The van der Waals surface area contributed by atoms with Gasteiger partial charge in [0, 0.05) is 0 Å². The van der Waals surface area contributed by atoms with E-state index in [2.05, 4.69) is 0 Å². The maximum Gasteiger partial charge on any atom is 0.340 e. The van der Waals surface area contributed by atoms with Gasteiger partial charge in [0.15, 0.2) is 0 Å². The number of hydrogen-bond acceptors (Lipinski definition) is 6. The van der Waals surface area contributed by atoms with Crippen LogP contribution in [0, 0.1) is 0 Å². The fourth-order valence-corrected chi connectivity index (χ4v) is 3.38. The van der Waals surface area contributed by atoms with Crippen LogP contribution < -0.4 is 0 Å². The standard InChI is InChI=1S/C18H14Cl2O5S/c19-13-7-6-12(8-14(13)20)18(22)25-15-10-26-16(24-15)9-23-17(21)11-4-2-1-3-5-11/h1-8,15-16H,9-10H2/t15-,16-/m1/s1. The molecule has 2 aromatic rings. The van der Waals surface area contributed by atoms with Gasteiger partial charge in [-0.05, 0) is 30.3 Å². The molecule has 1 aliphatic rings. The third kappa shape index (κ3) is 4.92. The highest BCUT2D eigenvalue weighted by Gasteiger charge is 2.30. The van der Waals surface area contributed by atoms with E-state index in [-0.39, 0.29) is 17.2 Å². The Balaban J connectivity index is 1.47. The van der Waals surface area contributed by atoms with Gasteiger partial charge in [-0.3, -0.25) is 0 Å². The third-order valence-electron chi connectivity index (χ3n) is 3.48. The quantitative estimate of drug-likeness (QED) is 0.677. The zero-order valence-corrected chi connectivity index (χ0v) is 15.7. The van der Waals surface area contributed by atoms with Crippen molar-refractivity contribution in [1.29, 1.82) is 0 Å². The normalized spacial score (nSPS) is 19.2. The van der Waals surface area contributed by atoms with Gasteiger partial charge in [-0.2, -0.15) is 0 Å². The summed E-state index contributed by atoms with van der Waals surface area (Å²) in [6.45, 7) is 0.0687. The van der Waals surface area contributed by atoms with Gasteiger partial charge in [0.2, 0.25) is 6.29 Å². The molecule has 3 rings (SSSR count). The second-order valence-corrected chi connectivity index (χ2v) is 7.33. The summed E-state index contributed by atoms with van der Waals surface area (Å²) < 4.78 is 16.1. The molecule has 1 aliphatic heterocycles. The van der Waals surface area contributed by atoms with Gasteiger partial charge in [-0.1, -0.05) is 41.4 Å². The Labute approximate surface area is 164 Å². The van der Waals surface area contributed by atoms with Gasteiger partial charge < -0.3 is 14.2 Å². The van der Waals surface area contributed by atoms with Crippen LogP contribution in [0.5, 0.6) is 0 Å². The Morgan fingerprint density at radius 1 is 1.04 bits per heavy atom. The van der Waals surface area contributed by atoms with E-state index < -0.39 is 23.7 Å². The van der Waals surface area contributed by atoms with Crippen molar-refractivity contribution in [3.8, 4) is 0 Å². The number of ether oxygens (including phenoxy) is 3. The van der Waals surface area contributed by atoms with Gasteiger partial charge in [0.1, 0.15) is 12.0 Å². The highest BCUT2D eigenvalue weighted by molar-refractivity contribution is 8.00. The van der Waals surface area contributed by atoms with Crippen LogP contribution in [-0.2, 0) is 14.2 Å². The van der Waals surface area contributed by atoms with Crippen LogP contribution in [0.1, 0.15) is 20.7 Å². The second kappa shape index (κ2) is 8.77. The first-order valence-electron chi connectivity index (χ1n) is 7.68. The summed E-state index contributed by atoms with van der Waals surface area (Å²) >= 11 is 13.1. The Hall–Kier alpha value is -1.73. The van der Waals surface area contributed by atoms with Crippen LogP contribution in [0.3, 0.4) is 0 Å². The van der Waals surface area contributed by atoms with Crippen molar-refractivity contribution in [3.63, 3.8) is 0 Å². The van der Waals surface area contributed by atoms with Crippen molar-refractivity contribution >= 4 is 46.9 Å². The van der Waals surface area contributed by atoms with E-state index in [1.807, 2.05) is 6.07 Å². The van der Waals surface area contributed by atoms with Crippen LogP contribution in [0.25, 0.3) is 0 Å². The van der Waals surface area contributed by atoms with Crippen molar-refractivity contribution in [3.05, 3.63) is 69.7 Å². The maximum atomic E-state index is 12.1. The molecule has 2 atom stereocenters. The molecule has 2 aromatic carbocycles. The van der Waals surface area contributed by atoms with E-state index in [0.29, 0.717) is 16.3 Å². The number of hydrogen-bond donors (Lipinski definition) is 0. The summed E-state index contributed by atoms with van der Waals surface area (Å²) in [4.78, 5) is 24.0. The Bertz CT molecular complexity index is 799. The van der Waals surface area contributed by atoms with Crippen LogP contribution >= 0.6 is 35.0 Å². The van der Waals surface area contributed by atoms with E-state index >= 15 is 0 Å². The molecule has 0 aliphatic carbocycles. The van der Waals surface area contributed by atoms with Crippen LogP contribution in [0.15, 0.2) is 48.5 Å². The predicted molar refractivity (Wildman–Crippen MR) is 99.7 cm³/mol. The minimum Gasteiger partial charge on any atom is -0.458 e. The smallest absolute Gasteiger partial charge is 0.340 e. The second-order valence-electron chi connectivity index (χ2n) is 5.33. The molecule has 136 valence electrons. The van der Waals surface area contributed by atoms with E-state index in [9.17, 15) is 9.59 Å². The first-order valence-corrected chi connectivity index (χ1v) is 9.48. The lowest BCUT2D eigenvalue weighted by Crippen LogP contribution is -2.23. The average Bonchev–Trinajstić information content (AvgIpc) is 3.10. The summed E-state index contributed by atoms with van der Waals surface area (Å²) in [5.41, 5.74) is 0.360. The van der Waals surface area contributed by atoms with Crippen LogP contribution in [0.4, 0.5) is 0 Å². The summed E-state index contributed by atoms with van der Waals surface area (Å²) in [7, 11) is 0. The van der Waals surface area contributed by atoms with Crippen molar-refractivity contribution in [2.24, 2.45) is 0 Å². The lowest BCUT2D eigenvalue weighted by atomic mass is 10.2. The molecule has 0 radical (unpaired) electrons. The number of halogens is 2. The molecular weight excluding hydrogens is 399 g/mol. The Kier molecular flexibility index (Phi) is 6.43. The predicted octanol–water partition coefficient (Wildman–Crippen LogP) is 4.42. The number of benzene rings is 2. The molecular formula is C18H14Cl2O5S. The van der Waals surface area contributed by atoms with Crippen LogP contribution in [0.2, 0.25) is 10.0 Å². The molecule has 0 saturated carbocycles. The largest absolute Gasteiger partial charge is 0.458 e. The summed E-state index contributed by atoms with van der Waals surface area (Å²) in [6, 6.07) is 13.2. The van der Waals surface area contributed by atoms with E-state index in [1.165, 1.54) is 30.0 Å². The zero-order chi connectivity index (χ0) is 18.5. The van der Waals surface area contributed by atoms with E-state index in [1.54, 1.807) is 24.3 Å². The molecule has 8 heteroatoms. The summed E-state index contributed by atoms with van der Waals surface area (Å²) in [5.74, 6) is -0.539. The number of thioether (sulfide) groups is 1. The van der Waals surface area contributed by atoms with Gasteiger partial charge in [0.05, 0.1) is 26.9 Å². The monoisotopic (exact) mass is 412 g/mol. The fourth-order valence-electron chi connectivity index (χ4n) is 2.19. The molecule has 26 heavy (non-hydrogen) atoms. The van der Waals surface area contributed by atoms with Gasteiger partial charge in [-0.15, -0.1) is 11.8 Å². The highest BCUT2D eigenvalue weighted by atomic mass is 35.5. The van der Waals surface area contributed by atoms with Crippen molar-refractivity contribution < 1.29 is 23.8 Å². The Morgan fingerprint density at radius 2 is 1.81 bits per heavy atom. The number of rotatable bonds is 5. The molecule has 0 amide bonds. The molecule has 0 bridgehead atoms. The summed E-state index contributed by atoms with van der Waals surface area (Å²) in [6.07, 6.45) is -0.720. The van der Waals surface area contributed by atoms with Gasteiger partial charge in [0.25, 0.3) is 0 Å². The lowest BCUT2D eigenvalue weighted by molar-refractivity contribution is -0.103. The molecule has 0 aromatic heterocycles. The molecule has 0 N–H and O–H groups in total. The molecule has 0 spiro atoms. The molecule has 1 heterocycles. The first kappa shape index (κ1) is 19.0. The SMILES string of the molecule is O=C(OC[C@@H]1O[C@H](OC(=O)c2ccc(Cl)c(Cl)c2)CS1)c1ccccc1. The molecule has 5 nitrogen and oxygen atoms in total. The van der Waals surface area contributed by atoms with Crippen molar-refractivity contribution in [2.75, 3.05) is 12.4 Å². The minimum absolute atomic E-state index is 0.0687. The zero-order valence-electron chi connectivity index (χ0n) is 13.4. The topological polar surface area (TPSA) is 61.8 Å². The summed E-state index contributed by atoms with van der Waals surface area (Å²) in [5, 5.41) is 0.629. The third-order valence-corrected chi connectivity index (χ3v) is 5.30. The molecule has 1 fully saturated rings. The van der Waals surface area contributed by atoms with Gasteiger partial charge >= 0.3 is 11.9 Å². The maximum absolute atomic E-state index is 12.1. The van der Waals surface area contributed by atoms with Crippen molar-refractivity contribution in [1.82, 2.24) is 0 Å². The average molecular weight is 413 g/mol. The number of carbonyl (C=O) groups is 2. The van der Waals surface area contributed by atoms with Crippen molar-refractivity contribution in [2.45, 2.75) is 11.7 Å².